The molecular formula is C5H4Cl6. The summed E-state index contributed by atoms with van der Waals surface area (Å²) in [6.07, 6.45) is 0.770. The van der Waals surface area contributed by atoms with Gasteiger partial charge in [0.25, 0.3) is 0 Å². The van der Waals surface area contributed by atoms with Crippen molar-refractivity contribution in [3.05, 3.63) is 0 Å². The molecule has 0 aromatic heterocycles. The Balaban J connectivity index is 3.00. The predicted octanol–water partition coefficient (Wildman–Crippen LogP) is 4.30. The van der Waals surface area contributed by atoms with Crippen molar-refractivity contribution in [2.75, 3.05) is 0 Å². The Hall–Kier alpha value is 1.74. The van der Waals surface area contributed by atoms with Gasteiger partial charge in [0.15, 0.2) is 13.0 Å². The Kier molecular flexibility index (Phi) is 2.82. The fraction of sp³-hybridized carbons (Fsp3) is 1.00. The molecule has 0 nitrogen and oxygen atoms in total. The monoisotopic (exact) mass is 274 g/mol. The quantitative estimate of drug-likeness (QED) is 0.579. The number of hydrogen-bond donors (Lipinski definition) is 0. The van der Waals surface area contributed by atoms with Crippen LogP contribution in [0.5, 0.6) is 0 Å². The fourth-order valence-electron chi connectivity index (χ4n) is 0.896. The smallest absolute Gasteiger partial charge is 0.0982 e. The van der Waals surface area contributed by atoms with Crippen LogP contribution >= 0.6 is 69.6 Å². The minimum absolute atomic E-state index is 0.385. The lowest BCUT2D eigenvalue weighted by Gasteiger charge is -2.31. The third kappa shape index (κ3) is 1.56. The van der Waals surface area contributed by atoms with Gasteiger partial charge in [-0.2, -0.15) is 0 Å². The minimum Gasteiger partial charge on any atom is -0.0982 e. The van der Waals surface area contributed by atoms with Crippen LogP contribution in [0, 0.1) is 0 Å². The average molecular weight is 277 g/mol. The van der Waals surface area contributed by atoms with Crippen LogP contribution in [0.2, 0.25) is 0 Å². The van der Waals surface area contributed by atoms with Crippen LogP contribution in [0.4, 0.5) is 0 Å². The SMILES string of the molecule is ClC1(Cl)CCC(Cl)(Cl)C1(Cl)Cl. The van der Waals surface area contributed by atoms with Gasteiger partial charge < -0.3 is 0 Å². The molecule has 11 heavy (non-hydrogen) atoms. The first-order valence-electron chi connectivity index (χ1n) is 2.84. The number of alkyl halides is 6. The molecule has 0 bridgehead atoms. The summed E-state index contributed by atoms with van der Waals surface area (Å²) < 4.78 is -4.04. The van der Waals surface area contributed by atoms with E-state index in [2.05, 4.69) is 0 Å². The van der Waals surface area contributed by atoms with Gasteiger partial charge in [0.1, 0.15) is 0 Å². The second-order valence-electron chi connectivity index (χ2n) is 2.48. The van der Waals surface area contributed by atoms with Crippen molar-refractivity contribution in [1.29, 1.82) is 0 Å². The molecule has 0 atom stereocenters. The maximum Gasteiger partial charge on any atom is 0.183 e. The van der Waals surface area contributed by atoms with E-state index < -0.39 is 13.0 Å². The van der Waals surface area contributed by atoms with Crippen LogP contribution in [-0.2, 0) is 0 Å². The van der Waals surface area contributed by atoms with Gasteiger partial charge in [-0.3, -0.25) is 0 Å². The highest BCUT2D eigenvalue weighted by atomic mass is 35.5. The Morgan fingerprint density at radius 2 is 0.909 bits per heavy atom. The van der Waals surface area contributed by atoms with Crippen LogP contribution < -0.4 is 0 Å². The van der Waals surface area contributed by atoms with Crippen LogP contribution in [-0.4, -0.2) is 13.0 Å². The maximum atomic E-state index is 5.79. The second kappa shape index (κ2) is 2.87. The predicted molar refractivity (Wildman–Crippen MR) is 52.5 cm³/mol. The van der Waals surface area contributed by atoms with Crippen molar-refractivity contribution in [2.45, 2.75) is 25.8 Å². The lowest BCUT2D eigenvalue weighted by molar-refractivity contribution is 0.735. The summed E-state index contributed by atoms with van der Waals surface area (Å²) in [4.78, 5) is 0. The highest BCUT2D eigenvalue weighted by molar-refractivity contribution is 6.70. The molecule has 6 heteroatoms. The summed E-state index contributed by atoms with van der Waals surface area (Å²) in [6.45, 7) is 0. The van der Waals surface area contributed by atoms with E-state index in [4.69, 9.17) is 69.6 Å². The summed E-state index contributed by atoms with van der Waals surface area (Å²) in [5, 5.41) is 0. The number of rotatable bonds is 0. The summed E-state index contributed by atoms with van der Waals surface area (Å²) in [5.74, 6) is 0. The van der Waals surface area contributed by atoms with E-state index in [1.165, 1.54) is 0 Å². The molecule has 0 heterocycles. The van der Waals surface area contributed by atoms with Crippen LogP contribution in [0.1, 0.15) is 12.8 Å². The molecule has 66 valence electrons. The molecule has 0 saturated heterocycles. The first kappa shape index (κ1) is 10.8. The van der Waals surface area contributed by atoms with Crippen LogP contribution in [0.3, 0.4) is 0 Å². The van der Waals surface area contributed by atoms with Gasteiger partial charge >= 0.3 is 0 Å². The van der Waals surface area contributed by atoms with Crippen LogP contribution in [0.15, 0.2) is 0 Å². The molecule has 0 amide bonds. The van der Waals surface area contributed by atoms with E-state index in [-0.39, 0.29) is 0 Å². The zero-order valence-corrected chi connectivity index (χ0v) is 9.72. The Bertz CT molecular complexity index is 154. The largest absolute Gasteiger partial charge is 0.183 e. The van der Waals surface area contributed by atoms with Crippen molar-refractivity contribution in [1.82, 2.24) is 0 Å². The molecule has 0 aromatic carbocycles. The van der Waals surface area contributed by atoms with Crippen molar-refractivity contribution >= 4 is 69.6 Å². The van der Waals surface area contributed by atoms with E-state index in [0.717, 1.165) is 0 Å². The summed E-state index contributed by atoms with van der Waals surface area (Å²) >= 11 is 34.7. The molecule has 1 rings (SSSR count). The van der Waals surface area contributed by atoms with Gasteiger partial charge in [-0.05, 0) is 12.8 Å². The Labute approximate surface area is 95.0 Å². The molecule has 0 aliphatic heterocycles. The van der Waals surface area contributed by atoms with Crippen molar-refractivity contribution in [3.8, 4) is 0 Å². The first-order chi connectivity index (χ1) is 4.71. The average Bonchev–Trinajstić information content (AvgIpc) is 1.93. The summed E-state index contributed by atoms with van der Waals surface area (Å²) in [6, 6.07) is 0. The van der Waals surface area contributed by atoms with Crippen molar-refractivity contribution < 1.29 is 0 Å². The minimum atomic E-state index is -1.51. The van der Waals surface area contributed by atoms with Crippen molar-refractivity contribution in [3.63, 3.8) is 0 Å². The van der Waals surface area contributed by atoms with Gasteiger partial charge in [-0.25, -0.2) is 0 Å². The van der Waals surface area contributed by atoms with E-state index in [1.807, 2.05) is 0 Å². The van der Waals surface area contributed by atoms with E-state index in [1.54, 1.807) is 0 Å². The maximum absolute atomic E-state index is 5.79. The van der Waals surface area contributed by atoms with Gasteiger partial charge in [0.2, 0.25) is 0 Å². The Morgan fingerprint density at radius 3 is 1.00 bits per heavy atom. The Morgan fingerprint density at radius 1 is 0.636 bits per heavy atom. The molecule has 0 radical (unpaired) electrons. The highest BCUT2D eigenvalue weighted by Crippen LogP contribution is 2.63. The lowest BCUT2D eigenvalue weighted by Crippen LogP contribution is -2.41. The molecule has 0 aromatic rings. The fourth-order valence-corrected chi connectivity index (χ4v) is 2.49. The molecular weight excluding hydrogens is 273 g/mol. The standard InChI is InChI=1S/C5H4Cl6/c6-3(7)1-2-4(8,9)5(3,10)11/h1-2H2. The molecule has 0 N–H and O–H groups in total. The zero-order chi connectivity index (χ0) is 8.91. The first-order valence-corrected chi connectivity index (χ1v) is 5.11. The zero-order valence-electron chi connectivity index (χ0n) is 5.18. The van der Waals surface area contributed by atoms with E-state index in [0.29, 0.717) is 12.8 Å². The molecule has 1 saturated carbocycles. The summed E-state index contributed by atoms with van der Waals surface area (Å²) in [5.41, 5.74) is 0. The molecule has 1 aliphatic carbocycles. The van der Waals surface area contributed by atoms with Crippen LogP contribution in [0.25, 0.3) is 0 Å². The third-order valence-electron chi connectivity index (χ3n) is 1.67. The lowest BCUT2D eigenvalue weighted by atomic mass is 10.3. The van der Waals surface area contributed by atoms with Gasteiger partial charge in [-0.15, -0.1) is 0 Å². The highest BCUT2D eigenvalue weighted by Gasteiger charge is 2.65. The normalized spacial score (nSPS) is 32.2. The third-order valence-corrected chi connectivity index (χ3v) is 5.63. The molecule has 0 unspecified atom stereocenters. The van der Waals surface area contributed by atoms with Crippen molar-refractivity contribution in [2.24, 2.45) is 0 Å². The molecule has 0 spiro atoms. The van der Waals surface area contributed by atoms with Gasteiger partial charge in [-0.1, -0.05) is 69.6 Å². The molecule has 1 fully saturated rings. The van der Waals surface area contributed by atoms with Gasteiger partial charge in [0.05, 0.1) is 0 Å². The van der Waals surface area contributed by atoms with E-state index in [9.17, 15) is 0 Å². The number of halogens is 6. The topological polar surface area (TPSA) is 0 Å². The second-order valence-corrected chi connectivity index (χ2v) is 6.78. The van der Waals surface area contributed by atoms with E-state index >= 15 is 0 Å². The van der Waals surface area contributed by atoms with Gasteiger partial charge in [0, 0.05) is 0 Å². The summed E-state index contributed by atoms with van der Waals surface area (Å²) in [7, 11) is 0. The molecule has 1 aliphatic rings. The number of hydrogen-bond acceptors (Lipinski definition) is 0.